The van der Waals surface area contributed by atoms with Crippen molar-refractivity contribution in [3.63, 3.8) is 0 Å². The Kier molecular flexibility index (Phi) is 24.1. The molecule has 524 valence electrons. The molecule has 2 saturated carbocycles. The maximum Gasteiger partial charge on any atom is 0.434 e. The zero-order valence-electron chi connectivity index (χ0n) is 53.2. The van der Waals surface area contributed by atoms with Crippen LogP contribution in [0.15, 0.2) is 144 Å². The minimum Gasteiger partial charge on any atom is -0.497 e. The molecule has 0 saturated heterocycles. The highest BCUT2D eigenvalue weighted by Gasteiger charge is 2.37. The summed E-state index contributed by atoms with van der Waals surface area (Å²) in [4.78, 5) is 44.5. The number of aromatic nitrogens is 16. The molecule has 0 radical (unpaired) electrons. The summed E-state index contributed by atoms with van der Waals surface area (Å²) < 4.78 is 108. The third-order valence-corrected chi connectivity index (χ3v) is 18.1. The number of benzene rings is 4. The first-order chi connectivity index (χ1) is 46.9. The molecule has 14 rings (SSSR count). The van der Waals surface area contributed by atoms with E-state index >= 15 is 0 Å². The van der Waals surface area contributed by atoms with Crippen molar-refractivity contribution in [1.82, 2.24) is 78.5 Å². The van der Waals surface area contributed by atoms with E-state index in [0.717, 1.165) is 99.2 Å². The molecule has 2 fully saturated rings. The summed E-state index contributed by atoms with van der Waals surface area (Å²) in [5.41, 5.74) is 7.81. The monoisotopic (exact) mass is 1470 g/mol. The molecule has 12 aromatic rings. The van der Waals surface area contributed by atoms with Crippen molar-refractivity contribution >= 4 is 62.4 Å². The van der Waals surface area contributed by atoms with Gasteiger partial charge in [0.25, 0.3) is 0 Å². The predicted octanol–water partition coefficient (Wildman–Crippen LogP) is 17.3. The summed E-state index contributed by atoms with van der Waals surface area (Å²) in [7, 11) is 6.43. The van der Waals surface area contributed by atoms with Crippen LogP contribution in [0.5, 0.6) is 23.3 Å². The van der Waals surface area contributed by atoms with Gasteiger partial charge >= 0.3 is 12.4 Å². The van der Waals surface area contributed by atoms with Crippen LogP contribution < -0.4 is 18.9 Å². The second-order valence-corrected chi connectivity index (χ2v) is 24.6. The van der Waals surface area contributed by atoms with Crippen molar-refractivity contribution in [2.45, 2.75) is 129 Å². The molecule has 0 unspecified atom stereocenters. The first-order valence-corrected chi connectivity index (χ1v) is 33.2. The van der Waals surface area contributed by atoms with E-state index in [1.165, 1.54) is 27.4 Å². The van der Waals surface area contributed by atoms with E-state index in [4.69, 9.17) is 39.0 Å². The van der Waals surface area contributed by atoms with Crippen LogP contribution in [0.25, 0.3) is 67.6 Å². The fourth-order valence-corrected chi connectivity index (χ4v) is 12.4. The number of thioether (sulfide) groups is 1. The Hall–Kier alpha value is -9.48. The van der Waals surface area contributed by atoms with Crippen LogP contribution >= 0.6 is 40.3 Å². The van der Waals surface area contributed by atoms with E-state index < -0.39 is 23.7 Å². The third-order valence-electron chi connectivity index (χ3n) is 16.1. The van der Waals surface area contributed by atoms with Gasteiger partial charge in [-0.25, -0.2) is 59.2 Å². The average Bonchev–Trinajstić information content (AvgIpc) is 1.56. The van der Waals surface area contributed by atoms with Crippen LogP contribution in [0.2, 0.25) is 0 Å². The lowest BCUT2D eigenvalue weighted by molar-refractivity contribution is -0.141. The van der Waals surface area contributed by atoms with E-state index in [0.29, 0.717) is 105 Å². The number of rotatable bonds is 20. The Labute approximate surface area is 593 Å². The zero-order valence-corrected chi connectivity index (χ0v) is 56.5. The smallest absolute Gasteiger partial charge is 0.434 e. The van der Waals surface area contributed by atoms with Crippen molar-refractivity contribution in [2.24, 2.45) is 0 Å². The number of imidazole rings is 2. The normalized spacial score (nSPS) is 12.7. The Bertz CT molecular complexity index is 4710. The largest absolute Gasteiger partial charge is 0.497 e. The van der Waals surface area contributed by atoms with E-state index in [-0.39, 0.29) is 33.9 Å². The number of aryl methyl sites for hydroxylation is 2. The number of fused-ring (bicyclic) bond motifs is 2. The highest BCUT2D eigenvalue weighted by atomic mass is 79.9. The van der Waals surface area contributed by atoms with Gasteiger partial charge in [-0.3, -0.25) is 0 Å². The summed E-state index contributed by atoms with van der Waals surface area (Å²) in [6.45, 7) is 5.04. The summed E-state index contributed by atoms with van der Waals surface area (Å²) in [6, 6.07) is 30.3. The number of halogens is 7. The van der Waals surface area contributed by atoms with Gasteiger partial charge in [-0.2, -0.15) is 49.2 Å². The lowest BCUT2D eigenvalue weighted by Gasteiger charge is -2.11. The first kappa shape index (κ1) is 74.7. The van der Waals surface area contributed by atoms with Gasteiger partial charge in [0.2, 0.25) is 11.8 Å². The van der Waals surface area contributed by atoms with Crippen LogP contribution in [0.4, 0.5) is 26.3 Å². The molecule has 0 spiro atoms. The fourth-order valence-electron chi connectivity index (χ4n) is 10.8. The van der Waals surface area contributed by atoms with Crippen LogP contribution in [-0.4, -0.2) is 107 Å². The number of methoxy groups -OCH3 is 4. The van der Waals surface area contributed by atoms with Gasteiger partial charge in [-0.15, -0.1) is 0 Å². The lowest BCUT2D eigenvalue weighted by Crippen LogP contribution is -2.05. The van der Waals surface area contributed by atoms with Crippen LogP contribution in [0.1, 0.15) is 119 Å². The van der Waals surface area contributed by atoms with E-state index in [1.54, 1.807) is 95.4 Å². The Morgan fingerprint density at radius 3 is 1.32 bits per heavy atom. The van der Waals surface area contributed by atoms with Crippen LogP contribution in [-0.2, 0) is 50.0 Å². The number of nitrogens with zero attached hydrogens (tertiary/aromatic N) is 16. The van der Waals surface area contributed by atoms with Crippen molar-refractivity contribution in [3.8, 4) is 68.8 Å². The summed E-state index contributed by atoms with van der Waals surface area (Å²) in [5.74, 6) is 6.07. The van der Waals surface area contributed by atoms with Crippen molar-refractivity contribution in [1.29, 1.82) is 0 Å². The molecule has 20 nitrogen and oxygen atoms in total. The summed E-state index contributed by atoms with van der Waals surface area (Å²) in [6.07, 6.45) is 3.72. The maximum atomic E-state index is 13.4. The van der Waals surface area contributed by atoms with Crippen LogP contribution in [0, 0.1) is 0 Å². The summed E-state index contributed by atoms with van der Waals surface area (Å²) in [5, 5.41) is 11.9. The molecule has 29 heteroatoms. The van der Waals surface area contributed by atoms with E-state index in [1.807, 2.05) is 77.5 Å². The quantitative estimate of drug-likeness (QED) is 0.0427. The molecule has 8 aromatic heterocycles. The van der Waals surface area contributed by atoms with Gasteiger partial charge in [-0.1, -0.05) is 107 Å². The predicted molar refractivity (Wildman–Crippen MR) is 381 cm³/mol. The average molecular weight is 1470 g/mol. The minimum absolute atomic E-state index is 0. The van der Waals surface area contributed by atoms with E-state index in [2.05, 4.69) is 68.5 Å². The second-order valence-electron chi connectivity index (χ2n) is 22.6. The molecule has 2 aliphatic carbocycles. The number of hydrogen-bond donors (Lipinski definition) is 1. The molecule has 0 aliphatic heterocycles. The van der Waals surface area contributed by atoms with Gasteiger partial charge in [-0.05, 0) is 102 Å². The van der Waals surface area contributed by atoms with Crippen LogP contribution in [0.3, 0.4) is 0 Å². The molecule has 0 atom stereocenters. The molecule has 2 aliphatic rings. The Morgan fingerprint density at radius 2 is 0.920 bits per heavy atom. The number of ether oxygens (including phenoxy) is 4. The fraction of sp³-hybridized carbons (Fsp3) is 0.324. The molecule has 4 aromatic carbocycles. The van der Waals surface area contributed by atoms with Gasteiger partial charge in [0.05, 0.1) is 63.7 Å². The van der Waals surface area contributed by atoms with Crippen molar-refractivity contribution in [3.05, 3.63) is 184 Å². The topological polar surface area (TPSA) is 211 Å². The van der Waals surface area contributed by atoms with Gasteiger partial charge in [0.15, 0.2) is 34.3 Å². The lowest BCUT2D eigenvalue weighted by atomic mass is 10.1. The highest BCUT2D eigenvalue weighted by molar-refractivity contribution is 9.10. The third kappa shape index (κ3) is 16.7. The number of hydrogen-bond acceptors (Lipinski definition) is 18. The highest BCUT2D eigenvalue weighted by Crippen LogP contribution is 2.47. The SMILES string of the molecule is C.C.C.CCn1cc(C(F)(F)F)nc1-c1ccc(Cn2nc(Br)c3cnc(-c4c(OC)ncnc4C4CC4)nc32)cc1.CCn1cc(C(F)(F)F)nc1-c1ccc(Cn2nc(SCc3ccc(OC)cc3)c3cnc(-c4c(OC)ncnc4C4CC4)nc32)cc1.COc1ccc(CS)cc1. The molecule has 0 bridgehead atoms. The Morgan fingerprint density at radius 1 is 0.510 bits per heavy atom. The molecule has 0 amide bonds. The molecule has 0 N–H and O–H groups in total. The second kappa shape index (κ2) is 32.2. The number of thiol groups is 1. The molecular formula is C71H75BrF6N16O4S2. The Balaban J connectivity index is 0.000000202. The molecule has 100 heavy (non-hydrogen) atoms. The van der Waals surface area contributed by atoms with Crippen molar-refractivity contribution < 1.29 is 45.3 Å². The maximum absolute atomic E-state index is 13.4. The van der Waals surface area contributed by atoms with Gasteiger partial charge < -0.3 is 28.1 Å². The summed E-state index contributed by atoms with van der Waals surface area (Å²) >= 11 is 9.21. The molecule has 8 heterocycles. The number of alkyl halides is 6. The first-order valence-electron chi connectivity index (χ1n) is 30.8. The minimum atomic E-state index is -4.52. The van der Waals surface area contributed by atoms with Gasteiger partial charge in [0, 0.05) is 72.3 Å². The standard InChI is InChI=1S/C34H31F3N8O2S.C26H22BrF3N8O.C8H10OS.3CH4/c1-4-44-17-26(34(35,36)37)41-30(44)23-9-5-20(6-10-23)16-45-31-25(33(43-45)48-18-21-7-13-24(46-2)14-8-21)15-38-29(42-31)27-28(22-11-12-22)39-19-40-32(27)47-3;1-3-37-12-18(26(28,29)30)34-23(37)16-6-4-14(5-7-16)11-38-24-17(21(27)36-38)10-31-22(35-24)19-20(15-8-9-15)32-13-33-25(19)39-2;1-9-8-4-2-7(6-10)3-5-8;;;/h5-10,13-15,17,19,22H,4,11-12,16,18H2,1-3H3;4-7,10,12-13,15H,3,8-9,11H2,1-2H3;2-5,10H,6H2,1H3;3*1H4. The van der Waals surface area contributed by atoms with Crippen molar-refractivity contribution in [2.75, 3.05) is 28.4 Å². The van der Waals surface area contributed by atoms with E-state index in [9.17, 15) is 26.3 Å². The van der Waals surface area contributed by atoms with Gasteiger partial charge in [0.1, 0.15) is 56.6 Å². The zero-order chi connectivity index (χ0) is 68.1. The molecular weight excluding hydrogens is 1400 g/mol.